The van der Waals surface area contributed by atoms with Gasteiger partial charge in [-0.2, -0.15) is 5.10 Å². The fraction of sp³-hybridized carbons (Fsp3) is 0.0667. The van der Waals surface area contributed by atoms with Crippen LogP contribution in [0.15, 0.2) is 53.6 Å². The molecule has 23 heavy (non-hydrogen) atoms. The van der Waals surface area contributed by atoms with Crippen molar-refractivity contribution in [3.05, 3.63) is 67.8 Å². The van der Waals surface area contributed by atoms with E-state index in [4.69, 9.17) is 4.74 Å². The number of nitrogens with one attached hydrogen (secondary N) is 1. The summed E-state index contributed by atoms with van der Waals surface area (Å²) in [5, 5.41) is 14.6. The Bertz CT molecular complexity index is 749. The van der Waals surface area contributed by atoms with Crippen molar-refractivity contribution in [3.8, 4) is 5.75 Å². The first-order valence-corrected chi connectivity index (χ1v) is 7.58. The second-order valence-corrected chi connectivity index (χ2v) is 5.61. The Morgan fingerprint density at radius 2 is 2.09 bits per heavy atom. The molecule has 0 saturated heterocycles. The molecule has 0 unspecified atom stereocenters. The van der Waals surface area contributed by atoms with Crippen molar-refractivity contribution in [1.29, 1.82) is 0 Å². The first kappa shape index (κ1) is 16.9. The van der Waals surface area contributed by atoms with Crippen LogP contribution in [0, 0.1) is 13.7 Å². The molecule has 7 nitrogen and oxygen atoms in total. The molecule has 2 rings (SSSR count). The summed E-state index contributed by atoms with van der Waals surface area (Å²) in [5.74, 6) is -0.473. The number of halogens is 1. The molecule has 1 amide bonds. The molecule has 0 aliphatic carbocycles. The summed E-state index contributed by atoms with van der Waals surface area (Å²) in [6.07, 6.45) is 1.50. The third kappa shape index (κ3) is 5.33. The van der Waals surface area contributed by atoms with E-state index in [2.05, 4.69) is 33.1 Å². The lowest BCUT2D eigenvalue weighted by Crippen LogP contribution is -2.24. The Morgan fingerprint density at radius 3 is 2.83 bits per heavy atom. The number of carbonyl (C=O) groups excluding carboxylic acids is 1. The molecule has 0 aromatic heterocycles. The highest BCUT2D eigenvalue weighted by atomic mass is 127. The molecule has 0 atom stereocenters. The third-order valence-electron chi connectivity index (χ3n) is 2.67. The van der Waals surface area contributed by atoms with Crippen LogP contribution in [0.25, 0.3) is 0 Å². The number of carbonyl (C=O) groups is 1. The first-order chi connectivity index (χ1) is 11.1. The van der Waals surface area contributed by atoms with E-state index in [1.165, 1.54) is 24.4 Å². The second-order valence-electron chi connectivity index (χ2n) is 4.36. The second kappa shape index (κ2) is 8.22. The molecule has 0 fully saturated rings. The van der Waals surface area contributed by atoms with Gasteiger partial charge in [0, 0.05) is 9.64 Å². The monoisotopic (exact) mass is 425 g/mol. The van der Waals surface area contributed by atoms with Crippen molar-refractivity contribution in [2.45, 2.75) is 0 Å². The van der Waals surface area contributed by atoms with Gasteiger partial charge in [-0.1, -0.05) is 24.3 Å². The van der Waals surface area contributed by atoms with E-state index in [0.29, 0.717) is 0 Å². The maximum absolute atomic E-state index is 11.6. The molecule has 0 radical (unpaired) electrons. The van der Waals surface area contributed by atoms with Crippen molar-refractivity contribution in [2.24, 2.45) is 5.10 Å². The number of para-hydroxylation sites is 2. The lowest BCUT2D eigenvalue weighted by atomic mass is 10.2. The smallest absolute Gasteiger partial charge is 0.310 e. The van der Waals surface area contributed by atoms with Gasteiger partial charge in [-0.15, -0.1) is 0 Å². The number of nitro groups is 1. The van der Waals surface area contributed by atoms with Crippen molar-refractivity contribution in [3.63, 3.8) is 0 Å². The van der Waals surface area contributed by atoms with E-state index in [1.807, 2.05) is 24.3 Å². The lowest BCUT2D eigenvalue weighted by Gasteiger charge is -2.05. The maximum Gasteiger partial charge on any atom is 0.310 e. The normalized spacial score (nSPS) is 10.5. The predicted molar refractivity (Wildman–Crippen MR) is 93.5 cm³/mol. The van der Waals surface area contributed by atoms with Crippen molar-refractivity contribution in [2.75, 3.05) is 6.61 Å². The van der Waals surface area contributed by atoms with E-state index < -0.39 is 10.8 Å². The van der Waals surface area contributed by atoms with Crippen LogP contribution in [0.1, 0.15) is 5.56 Å². The zero-order chi connectivity index (χ0) is 16.7. The number of hydrogen-bond donors (Lipinski definition) is 1. The summed E-state index contributed by atoms with van der Waals surface area (Å²) < 4.78 is 6.21. The number of amides is 1. The molecule has 0 saturated carbocycles. The van der Waals surface area contributed by atoms with Crippen LogP contribution >= 0.6 is 22.6 Å². The summed E-state index contributed by atoms with van der Waals surface area (Å²) in [6.45, 7) is -0.367. The number of benzene rings is 2. The molecule has 1 N–H and O–H groups in total. The first-order valence-electron chi connectivity index (χ1n) is 6.50. The summed E-state index contributed by atoms with van der Waals surface area (Å²) in [6, 6.07) is 13.4. The van der Waals surface area contributed by atoms with Crippen molar-refractivity contribution < 1.29 is 14.5 Å². The van der Waals surface area contributed by atoms with Gasteiger partial charge in [0.1, 0.15) is 0 Å². The fourth-order valence-electron chi connectivity index (χ4n) is 1.67. The zero-order valence-corrected chi connectivity index (χ0v) is 14.0. The summed E-state index contributed by atoms with van der Waals surface area (Å²) in [7, 11) is 0. The molecule has 0 bridgehead atoms. The highest BCUT2D eigenvalue weighted by molar-refractivity contribution is 14.1. The molecular weight excluding hydrogens is 413 g/mol. The number of nitrogens with zero attached hydrogens (tertiary/aromatic N) is 2. The highest BCUT2D eigenvalue weighted by Crippen LogP contribution is 2.25. The van der Waals surface area contributed by atoms with Crippen LogP contribution in [0.3, 0.4) is 0 Å². The number of hydrazone groups is 1. The largest absolute Gasteiger partial charge is 0.477 e. The average Bonchev–Trinajstić information content (AvgIpc) is 2.53. The van der Waals surface area contributed by atoms with E-state index in [1.54, 1.807) is 6.07 Å². The van der Waals surface area contributed by atoms with E-state index in [0.717, 1.165) is 9.13 Å². The average molecular weight is 425 g/mol. The van der Waals surface area contributed by atoms with Gasteiger partial charge in [0.2, 0.25) is 0 Å². The van der Waals surface area contributed by atoms with Crippen LogP contribution in [0.2, 0.25) is 0 Å². The van der Waals surface area contributed by atoms with E-state index >= 15 is 0 Å². The minimum atomic E-state index is -0.567. The molecule has 118 valence electrons. The third-order valence-corrected chi connectivity index (χ3v) is 3.34. The Kier molecular flexibility index (Phi) is 6.03. The minimum absolute atomic E-state index is 0.0363. The van der Waals surface area contributed by atoms with Gasteiger partial charge in [0.25, 0.3) is 5.91 Å². The Morgan fingerprint density at radius 1 is 1.30 bits per heavy atom. The summed E-state index contributed by atoms with van der Waals surface area (Å²) in [5.41, 5.74) is 2.96. The standard InChI is InChI=1S/C15H12IN3O4/c16-12-5-3-4-11(8-12)9-17-18-15(20)10-23-14-7-2-1-6-13(14)19(21)22/h1-9H,10H2,(H,18,20). The number of hydrogen-bond acceptors (Lipinski definition) is 5. The van der Waals surface area contributed by atoms with Gasteiger partial charge in [-0.3, -0.25) is 14.9 Å². The number of ether oxygens (including phenoxy) is 1. The molecule has 0 spiro atoms. The van der Waals surface area contributed by atoms with Gasteiger partial charge < -0.3 is 4.74 Å². The molecule has 2 aromatic carbocycles. The fourth-order valence-corrected chi connectivity index (χ4v) is 2.24. The summed E-state index contributed by atoms with van der Waals surface area (Å²) in [4.78, 5) is 21.9. The van der Waals surface area contributed by atoms with Crippen LogP contribution in [0.5, 0.6) is 5.75 Å². The molecule has 0 aliphatic heterocycles. The summed E-state index contributed by atoms with van der Waals surface area (Å²) >= 11 is 2.17. The molecule has 0 aliphatic rings. The Labute approximate surface area is 145 Å². The van der Waals surface area contributed by atoms with E-state index in [9.17, 15) is 14.9 Å². The van der Waals surface area contributed by atoms with Crippen molar-refractivity contribution in [1.82, 2.24) is 5.43 Å². The van der Waals surface area contributed by atoms with Crippen LogP contribution in [-0.2, 0) is 4.79 Å². The Balaban J connectivity index is 1.87. The van der Waals surface area contributed by atoms with Gasteiger partial charge in [-0.25, -0.2) is 5.43 Å². The van der Waals surface area contributed by atoms with Crippen molar-refractivity contribution >= 4 is 40.4 Å². The van der Waals surface area contributed by atoms with E-state index in [-0.39, 0.29) is 18.0 Å². The van der Waals surface area contributed by atoms with Gasteiger partial charge in [-0.05, 0) is 46.4 Å². The van der Waals surface area contributed by atoms with Gasteiger partial charge in [0.15, 0.2) is 12.4 Å². The molecular formula is C15H12IN3O4. The van der Waals surface area contributed by atoms with Crippen LogP contribution < -0.4 is 10.2 Å². The topological polar surface area (TPSA) is 93.8 Å². The zero-order valence-electron chi connectivity index (χ0n) is 11.8. The van der Waals surface area contributed by atoms with Crippen LogP contribution in [-0.4, -0.2) is 23.7 Å². The quantitative estimate of drug-likeness (QED) is 0.333. The molecule has 0 heterocycles. The van der Waals surface area contributed by atoms with Gasteiger partial charge in [0.05, 0.1) is 11.1 Å². The predicted octanol–water partition coefficient (Wildman–Crippen LogP) is 2.73. The highest BCUT2D eigenvalue weighted by Gasteiger charge is 2.14. The minimum Gasteiger partial charge on any atom is -0.477 e. The number of rotatable bonds is 6. The molecule has 2 aromatic rings. The SMILES string of the molecule is O=C(COc1ccccc1[N+](=O)[O-])NN=Cc1cccc(I)c1. The van der Waals surface area contributed by atoms with Crippen LogP contribution in [0.4, 0.5) is 5.69 Å². The Hall–Kier alpha value is -2.49. The van der Waals surface area contributed by atoms with Gasteiger partial charge >= 0.3 is 5.69 Å². The molecule has 8 heteroatoms. The number of nitro benzene ring substituents is 1. The lowest BCUT2D eigenvalue weighted by molar-refractivity contribution is -0.385. The maximum atomic E-state index is 11.6.